The fourth-order valence-corrected chi connectivity index (χ4v) is 5.54. The van der Waals surface area contributed by atoms with E-state index in [0.29, 0.717) is 34.7 Å². The molecule has 2 heterocycles. The number of halogens is 4. The highest BCUT2D eigenvalue weighted by atomic mass is 79.9. The molecule has 2 amide bonds. The van der Waals surface area contributed by atoms with E-state index in [2.05, 4.69) is 68.7 Å². The molecule has 0 radical (unpaired) electrons. The van der Waals surface area contributed by atoms with Crippen LogP contribution in [0.3, 0.4) is 0 Å². The van der Waals surface area contributed by atoms with Gasteiger partial charge in [0.15, 0.2) is 0 Å². The van der Waals surface area contributed by atoms with Crippen molar-refractivity contribution in [2.45, 2.75) is 6.42 Å². The number of anilines is 1. The zero-order chi connectivity index (χ0) is 20.0. The van der Waals surface area contributed by atoms with Gasteiger partial charge in [0.05, 0.1) is 16.8 Å². The molecule has 140 valence electrons. The smallest absolute Gasteiger partial charge is 0.267 e. The van der Waals surface area contributed by atoms with Crippen molar-refractivity contribution >= 4 is 81.2 Å². The third-order valence-corrected chi connectivity index (χ3v) is 9.22. The number of pyridine rings is 1. The van der Waals surface area contributed by atoms with Crippen LogP contribution in [0.1, 0.15) is 31.8 Å². The predicted octanol–water partition coefficient (Wildman–Crippen LogP) is 6.52. The van der Waals surface area contributed by atoms with Crippen LogP contribution in [0, 0.1) is 0 Å². The first kappa shape index (κ1) is 19.9. The van der Waals surface area contributed by atoms with E-state index in [-0.39, 0.29) is 11.8 Å². The summed E-state index contributed by atoms with van der Waals surface area (Å²) in [7, 11) is 0. The second-order valence-electron chi connectivity index (χ2n) is 6.15. The maximum absolute atomic E-state index is 13.0. The van der Waals surface area contributed by atoms with Crippen LogP contribution in [-0.2, 0) is 6.42 Å². The van der Waals surface area contributed by atoms with Gasteiger partial charge in [0.1, 0.15) is 0 Å². The van der Waals surface area contributed by atoms with Gasteiger partial charge in [-0.15, -0.1) is 0 Å². The van der Waals surface area contributed by atoms with Crippen molar-refractivity contribution in [3.05, 3.63) is 88.9 Å². The van der Waals surface area contributed by atoms with E-state index in [4.69, 9.17) is 0 Å². The molecule has 0 fully saturated rings. The molecule has 8 heteroatoms. The second-order valence-corrected chi connectivity index (χ2v) is 9.32. The molecule has 0 saturated heterocycles. The van der Waals surface area contributed by atoms with Gasteiger partial charge in [-0.3, -0.25) is 14.6 Å². The van der Waals surface area contributed by atoms with Gasteiger partial charge in [0.2, 0.25) is 0 Å². The van der Waals surface area contributed by atoms with E-state index >= 15 is 0 Å². The number of nitrogens with zero attached hydrogens (tertiary/aromatic N) is 2. The lowest BCUT2D eigenvalue weighted by atomic mass is 10.1. The largest absolute Gasteiger partial charge is 0.268 e. The highest BCUT2D eigenvalue weighted by Gasteiger charge is 2.41. The van der Waals surface area contributed by atoms with Crippen LogP contribution >= 0.6 is 63.7 Å². The minimum Gasteiger partial charge on any atom is -0.268 e. The van der Waals surface area contributed by atoms with Crippen LogP contribution in [0.15, 0.2) is 66.7 Å². The topological polar surface area (TPSA) is 50.3 Å². The highest BCUT2D eigenvalue weighted by molar-refractivity contribution is 9.15. The summed E-state index contributed by atoms with van der Waals surface area (Å²) in [5.74, 6) is -0.717. The van der Waals surface area contributed by atoms with Crippen LogP contribution in [0.4, 0.5) is 5.69 Å². The summed E-state index contributed by atoms with van der Waals surface area (Å²) in [5, 5.41) is 0. The minimum absolute atomic E-state index is 0.341. The van der Waals surface area contributed by atoms with Gasteiger partial charge in [-0.25, -0.2) is 4.90 Å². The monoisotopic (exact) mass is 626 g/mol. The number of carbonyl (C=O) groups is 2. The van der Waals surface area contributed by atoms with Gasteiger partial charge < -0.3 is 0 Å². The molecule has 0 atom stereocenters. The Bertz CT molecular complexity index is 1070. The lowest BCUT2D eigenvalue weighted by molar-refractivity contribution is 0.0925. The molecule has 0 saturated carbocycles. The maximum atomic E-state index is 13.0. The van der Waals surface area contributed by atoms with Gasteiger partial charge in [-0.1, -0.05) is 12.1 Å². The van der Waals surface area contributed by atoms with E-state index in [9.17, 15) is 9.59 Å². The molecule has 1 aliphatic heterocycles. The fourth-order valence-electron chi connectivity index (χ4n) is 3.08. The highest BCUT2D eigenvalue weighted by Crippen LogP contribution is 2.46. The first-order valence-corrected chi connectivity index (χ1v) is 11.3. The van der Waals surface area contributed by atoms with Crippen molar-refractivity contribution < 1.29 is 9.59 Å². The Kier molecular flexibility index (Phi) is 5.57. The molecule has 0 spiro atoms. The molecule has 2 aromatic carbocycles. The minimum atomic E-state index is -0.359. The van der Waals surface area contributed by atoms with E-state index in [1.165, 1.54) is 4.90 Å². The molecule has 1 aliphatic rings. The maximum Gasteiger partial charge on any atom is 0.267 e. The molecule has 28 heavy (non-hydrogen) atoms. The second kappa shape index (κ2) is 7.82. The van der Waals surface area contributed by atoms with Crippen LogP contribution in [0.5, 0.6) is 0 Å². The third kappa shape index (κ3) is 3.30. The summed E-state index contributed by atoms with van der Waals surface area (Å²) >= 11 is 13.7. The van der Waals surface area contributed by atoms with Crippen molar-refractivity contribution in [1.82, 2.24) is 4.98 Å². The summed E-state index contributed by atoms with van der Waals surface area (Å²) in [6.45, 7) is 0. The molecule has 4 nitrogen and oxygen atoms in total. The van der Waals surface area contributed by atoms with Crippen molar-refractivity contribution in [3.8, 4) is 0 Å². The summed E-state index contributed by atoms with van der Waals surface area (Å²) in [6, 6.07) is 11.4. The number of hydrogen-bond acceptors (Lipinski definition) is 3. The molecule has 0 N–H and O–H groups in total. The van der Waals surface area contributed by atoms with E-state index in [1.54, 1.807) is 24.5 Å². The number of amides is 2. The molecular formula is C20H10Br4N2O2. The summed E-state index contributed by atoms with van der Waals surface area (Å²) in [6.07, 6.45) is 4.27. The average molecular weight is 630 g/mol. The lowest BCUT2D eigenvalue weighted by Gasteiger charge is -2.14. The molecule has 0 bridgehead atoms. The normalized spacial score (nSPS) is 13.2. The van der Waals surface area contributed by atoms with Crippen LogP contribution < -0.4 is 4.90 Å². The number of hydrogen-bond donors (Lipinski definition) is 0. The van der Waals surface area contributed by atoms with Gasteiger partial charge >= 0.3 is 0 Å². The standard InChI is InChI=1S/C20H10Br4N2O2/c21-15-13-14(16(22)18(24)17(15)23)20(28)26(19(13)27)12-3-1-10(2-4-12)9-11-5-7-25-8-6-11/h1-8H,9H2. The predicted molar refractivity (Wildman–Crippen MR) is 122 cm³/mol. The van der Waals surface area contributed by atoms with Crippen LogP contribution in [0.2, 0.25) is 0 Å². The van der Waals surface area contributed by atoms with Crippen LogP contribution in [0.25, 0.3) is 0 Å². The number of aromatic nitrogens is 1. The number of rotatable bonds is 3. The van der Waals surface area contributed by atoms with Gasteiger partial charge in [0, 0.05) is 30.3 Å². The van der Waals surface area contributed by atoms with Crippen molar-refractivity contribution in [1.29, 1.82) is 0 Å². The first-order chi connectivity index (χ1) is 13.4. The van der Waals surface area contributed by atoms with E-state index in [0.717, 1.165) is 17.5 Å². The number of carbonyl (C=O) groups excluding carboxylic acids is 2. The average Bonchev–Trinajstić information content (AvgIpc) is 2.97. The summed E-state index contributed by atoms with van der Waals surface area (Å²) in [5.41, 5.74) is 3.45. The van der Waals surface area contributed by atoms with Crippen molar-refractivity contribution in [2.24, 2.45) is 0 Å². The first-order valence-electron chi connectivity index (χ1n) is 8.12. The number of imide groups is 1. The Balaban J connectivity index is 1.69. The molecule has 0 aliphatic carbocycles. The Hall–Kier alpha value is -1.35. The van der Waals surface area contributed by atoms with Gasteiger partial charge in [-0.2, -0.15) is 0 Å². The van der Waals surface area contributed by atoms with E-state index < -0.39 is 0 Å². The summed E-state index contributed by atoms with van der Waals surface area (Å²) < 4.78 is 2.45. The zero-order valence-electron chi connectivity index (χ0n) is 14.0. The fraction of sp³-hybridized carbons (Fsp3) is 0.0500. The van der Waals surface area contributed by atoms with Crippen molar-refractivity contribution in [3.63, 3.8) is 0 Å². The Morgan fingerprint density at radius 2 is 1.14 bits per heavy atom. The lowest BCUT2D eigenvalue weighted by Crippen LogP contribution is -2.29. The Labute approximate surface area is 194 Å². The van der Waals surface area contributed by atoms with Gasteiger partial charge in [0.25, 0.3) is 11.8 Å². The quantitative estimate of drug-likeness (QED) is 0.188. The molecule has 0 unspecified atom stereocenters. The number of benzene rings is 2. The summed E-state index contributed by atoms with van der Waals surface area (Å²) in [4.78, 5) is 31.3. The SMILES string of the molecule is O=C1c2c(Br)c(Br)c(Br)c(Br)c2C(=O)N1c1ccc(Cc2ccncc2)cc1. The third-order valence-electron chi connectivity index (χ3n) is 4.45. The van der Waals surface area contributed by atoms with E-state index in [1.807, 2.05) is 24.3 Å². The number of fused-ring (bicyclic) bond motifs is 1. The van der Waals surface area contributed by atoms with Crippen LogP contribution in [-0.4, -0.2) is 16.8 Å². The molecule has 4 rings (SSSR count). The molecular weight excluding hydrogens is 620 g/mol. The Morgan fingerprint density at radius 1 is 0.679 bits per heavy atom. The van der Waals surface area contributed by atoms with Gasteiger partial charge in [-0.05, 0) is 106 Å². The zero-order valence-corrected chi connectivity index (χ0v) is 20.4. The molecule has 3 aromatic rings. The van der Waals surface area contributed by atoms with Crippen molar-refractivity contribution in [2.75, 3.05) is 4.90 Å². The Morgan fingerprint density at radius 3 is 1.64 bits per heavy atom. The molecule has 1 aromatic heterocycles.